The molecule has 0 unspecified atom stereocenters. The molecule has 6 heteroatoms. The van der Waals surface area contributed by atoms with Crippen LogP contribution in [-0.2, 0) is 16.0 Å². The van der Waals surface area contributed by atoms with E-state index in [1.54, 1.807) is 0 Å². The van der Waals surface area contributed by atoms with Crippen LogP contribution >= 0.6 is 0 Å². The molecule has 35 heavy (non-hydrogen) atoms. The zero-order valence-electron chi connectivity index (χ0n) is 19.6. The van der Waals surface area contributed by atoms with E-state index in [4.69, 9.17) is 14.2 Å². The summed E-state index contributed by atoms with van der Waals surface area (Å²) in [6, 6.07) is 25.3. The molecule has 0 saturated heterocycles. The highest BCUT2D eigenvalue weighted by molar-refractivity contribution is 5.99. The zero-order valence-corrected chi connectivity index (χ0v) is 19.6. The molecule has 0 fully saturated rings. The van der Waals surface area contributed by atoms with Crippen LogP contribution in [0.1, 0.15) is 27.3 Å². The summed E-state index contributed by atoms with van der Waals surface area (Å²) in [5.41, 5.74) is 6.11. The zero-order chi connectivity index (χ0) is 24.4. The molecule has 0 radical (unpaired) electrons. The molecule has 0 amide bonds. The summed E-state index contributed by atoms with van der Waals surface area (Å²) in [5, 5.41) is 0. The maximum atomic E-state index is 12.9. The van der Waals surface area contributed by atoms with Gasteiger partial charge in [0.1, 0.15) is 0 Å². The van der Waals surface area contributed by atoms with Crippen molar-refractivity contribution in [1.29, 1.82) is 0 Å². The largest absolute Gasteiger partial charge is 0.457 e. The van der Waals surface area contributed by atoms with Crippen LogP contribution in [0.15, 0.2) is 78.9 Å². The average molecular weight is 468 g/mol. The Morgan fingerprint density at radius 2 is 1.57 bits per heavy atom. The number of rotatable bonds is 7. The van der Waals surface area contributed by atoms with E-state index in [0.29, 0.717) is 17.1 Å². The van der Waals surface area contributed by atoms with Crippen LogP contribution in [0.5, 0.6) is 11.5 Å². The summed E-state index contributed by atoms with van der Waals surface area (Å²) in [6.07, 6.45) is 0.110. The van der Waals surface area contributed by atoms with Gasteiger partial charge in [0.05, 0.1) is 6.42 Å². The first-order valence-electron chi connectivity index (χ1n) is 11.4. The molecule has 0 N–H and O–H groups in total. The predicted molar refractivity (Wildman–Crippen MR) is 132 cm³/mol. The highest BCUT2D eigenvalue weighted by Gasteiger charge is 2.20. The van der Waals surface area contributed by atoms with Gasteiger partial charge in [0.15, 0.2) is 18.1 Å². The van der Waals surface area contributed by atoms with Crippen LogP contribution in [0.25, 0.3) is 16.8 Å². The maximum absolute atomic E-state index is 12.9. The minimum absolute atomic E-state index is 0.110. The second-order valence-electron chi connectivity index (χ2n) is 8.48. The number of Topliss-reactive ketones (excluding diaryl/α,β-unsaturated/α-hetero) is 1. The van der Waals surface area contributed by atoms with Gasteiger partial charge in [-0.25, -0.2) is 0 Å². The molecule has 6 nitrogen and oxygen atoms in total. The molecule has 4 aromatic rings. The summed E-state index contributed by atoms with van der Waals surface area (Å²) in [7, 11) is 0. The van der Waals surface area contributed by atoms with E-state index in [0.717, 1.165) is 33.8 Å². The number of fused-ring (bicyclic) bond motifs is 1. The number of ketones is 1. The SMILES string of the molecule is Cc1cc(C(=O)COC(=O)Cc2ccc(-c3ccccc3)cc2)c(C)n1-c1ccc2c(c1)OCO2. The normalized spacial score (nSPS) is 11.9. The molecule has 1 aromatic heterocycles. The summed E-state index contributed by atoms with van der Waals surface area (Å²) in [6.45, 7) is 3.71. The molecule has 3 aromatic carbocycles. The molecule has 176 valence electrons. The summed E-state index contributed by atoms with van der Waals surface area (Å²) < 4.78 is 18.2. The molecular weight excluding hydrogens is 442 g/mol. The number of ether oxygens (including phenoxy) is 3. The number of nitrogens with zero attached hydrogens (tertiary/aromatic N) is 1. The minimum Gasteiger partial charge on any atom is -0.457 e. The highest BCUT2D eigenvalue weighted by Crippen LogP contribution is 2.35. The fourth-order valence-corrected chi connectivity index (χ4v) is 4.35. The smallest absolute Gasteiger partial charge is 0.310 e. The molecule has 2 heterocycles. The van der Waals surface area contributed by atoms with Crippen LogP contribution in [0, 0.1) is 13.8 Å². The molecule has 1 aliphatic rings. The van der Waals surface area contributed by atoms with Gasteiger partial charge in [-0.1, -0.05) is 54.6 Å². The van der Waals surface area contributed by atoms with E-state index in [1.165, 1.54) is 0 Å². The van der Waals surface area contributed by atoms with E-state index in [2.05, 4.69) is 0 Å². The van der Waals surface area contributed by atoms with Gasteiger partial charge in [-0.3, -0.25) is 9.59 Å². The number of benzene rings is 3. The lowest BCUT2D eigenvalue weighted by atomic mass is 10.0. The predicted octanol–water partition coefficient (Wildman–Crippen LogP) is 5.46. The lowest BCUT2D eigenvalue weighted by Crippen LogP contribution is -2.16. The summed E-state index contributed by atoms with van der Waals surface area (Å²) >= 11 is 0. The first kappa shape index (κ1) is 22.5. The van der Waals surface area contributed by atoms with Gasteiger partial charge in [-0.05, 0) is 48.7 Å². The van der Waals surface area contributed by atoms with Crippen molar-refractivity contribution < 1.29 is 23.8 Å². The number of aromatic nitrogens is 1. The molecule has 0 saturated carbocycles. The number of hydrogen-bond donors (Lipinski definition) is 0. The first-order chi connectivity index (χ1) is 17.0. The summed E-state index contributed by atoms with van der Waals surface area (Å²) in [4.78, 5) is 25.3. The van der Waals surface area contributed by atoms with Crippen molar-refractivity contribution in [2.45, 2.75) is 20.3 Å². The van der Waals surface area contributed by atoms with Crippen molar-refractivity contribution in [2.24, 2.45) is 0 Å². The van der Waals surface area contributed by atoms with E-state index in [1.807, 2.05) is 97.3 Å². The van der Waals surface area contributed by atoms with Crippen molar-refractivity contribution in [2.75, 3.05) is 13.4 Å². The van der Waals surface area contributed by atoms with Gasteiger partial charge in [0, 0.05) is 28.7 Å². The molecule has 0 aliphatic carbocycles. The Bertz CT molecular complexity index is 1390. The van der Waals surface area contributed by atoms with Crippen molar-refractivity contribution in [1.82, 2.24) is 4.57 Å². The average Bonchev–Trinajstić information content (AvgIpc) is 3.46. The lowest BCUT2D eigenvalue weighted by Gasteiger charge is -2.11. The van der Waals surface area contributed by atoms with E-state index in [9.17, 15) is 9.59 Å². The molecule has 1 aliphatic heterocycles. The Kier molecular flexibility index (Phi) is 6.10. The van der Waals surface area contributed by atoms with Crippen molar-refractivity contribution >= 4 is 11.8 Å². The second-order valence-corrected chi connectivity index (χ2v) is 8.48. The first-order valence-corrected chi connectivity index (χ1v) is 11.4. The van der Waals surface area contributed by atoms with Crippen LogP contribution in [0.4, 0.5) is 0 Å². The van der Waals surface area contributed by atoms with E-state index >= 15 is 0 Å². The monoisotopic (exact) mass is 467 g/mol. The molecule has 0 spiro atoms. The van der Waals surface area contributed by atoms with Gasteiger partial charge < -0.3 is 18.8 Å². The third kappa shape index (κ3) is 4.68. The van der Waals surface area contributed by atoms with Crippen molar-refractivity contribution in [3.05, 3.63) is 101 Å². The van der Waals surface area contributed by atoms with E-state index in [-0.39, 0.29) is 25.6 Å². The topological polar surface area (TPSA) is 66.8 Å². The van der Waals surface area contributed by atoms with Gasteiger partial charge >= 0.3 is 5.97 Å². The van der Waals surface area contributed by atoms with Gasteiger partial charge in [0.2, 0.25) is 12.6 Å². The molecule has 0 bridgehead atoms. The third-order valence-corrected chi connectivity index (χ3v) is 6.12. The number of aryl methyl sites for hydroxylation is 1. The van der Waals surface area contributed by atoms with Crippen LogP contribution < -0.4 is 9.47 Å². The fourth-order valence-electron chi connectivity index (χ4n) is 4.35. The van der Waals surface area contributed by atoms with Crippen LogP contribution in [0.2, 0.25) is 0 Å². The highest BCUT2D eigenvalue weighted by atomic mass is 16.7. The Morgan fingerprint density at radius 3 is 2.34 bits per heavy atom. The van der Waals surface area contributed by atoms with Gasteiger partial charge in [-0.2, -0.15) is 0 Å². The van der Waals surface area contributed by atoms with Gasteiger partial charge in [0.25, 0.3) is 0 Å². The standard InChI is InChI=1S/C29H25NO5/c1-19-14-25(20(2)30(19)24-12-13-27-28(16-24)35-18-34-27)26(31)17-33-29(32)15-21-8-10-23(11-9-21)22-6-4-3-5-7-22/h3-14,16H,15,17-18H2,1-2H3. The Hall–Kier alpha value is -4.32. The van der Waals surface area contributed by atoms with Crippen molar-refractivity contribution in [3.8, 4) is 28.3 Å². The number of esters is 1. The lowest BCUT2D eigenvalue weighted by molar-refractivity contribution is -0.141. The second kappa shape index (κ2) is 9.50. The Balaban J connectivity index is 1.22. The van der Waals surface area contributed by atoms with Crippen LogP contribution in [0.3, 0.4) is 0 Å². The van der Waals surface area contributed by atoms with E-state index < -0.39 is 5.97 Å². The molecule has 0 atom stereocenters. The number of carbonyl (C=O) groups is 2. The number of hydrogen-bond acceptors (Lipinski definition) is 5. The molecule has 5 rings (SSSR count). The molecular formula is C29H25NO5. The number of carbonyl (C=O) groups excluding carboxylic acids is 2. The summed E-state index contributed by atoms with van der Waals surface area (Å²) in [5.74, 6) is 0.705. The van der Waals surface area contributed by atoms with Crippen molar-refractivity contribution in [3.63, 3.8) is 0 Å². The third-order valence-electron chi connectivity index (χ3n) is 6.12. The maximum Gasteiger partial charge on any atom is 0.310 e. The fraction of sp³-hybridized carbons (Fsp3) is 0.172. The minimum atomic E-state index is -0.435. The Labute approximate surface area is 203 Å². The quantitative estimate of drug-likeness (QED) is 0.267. The Morgan fingerprint density at radius 1 is 0.857 bits per heavy atom. The van der Waals surface area contributed by atoms with Crippen LogP contribution in [-0.4, -0.2) is 29.7 Å². The van der Waals surface area contributed by atoms with Gasteiger partial charge in [-0.15, -0.1) is 0 Å².